The van der Waals surface area contributed by atoms with Crippen molar-refractivity contribution >= 4 is 0 Å². The molecule has 0 heteroatoms. The molecule has 0 amide bonds. The molecule has 0 aliphatic rings. The van der Waals surface area contributed by atoms with Crippen LogP contribution >= 0.6 is 0 Å². The summed E-state index contributed by atoms with van der Waals surface area (Å²) in [5, 5.41) is 0. The standard InChI is InChI=1S/C20H37/c1-17(2)11-9-15-19(5)13-7-8-14-20(6)16-10-12-18(3)4/h7,11-12,19-20H,8-10,13-16H2,1-6H3. The first kappa shape index (κ1) is 19.5. The van der Waals surface area contributed by atoms with Gasteiger partial charge in [-0.15, -0.1) is 0 Å². The molecule has 0 aromatic carbocycles. The highest BCUT2D eigenvalue weighted by atomic mass is 14.1. The van der Waals surface area contributed by atoms with Crippen LogP contribution in [-0.4, -0.2) is 0 Å². The van der Waals surface area contributed by atoms with Crippen molar-refractivity contribution in [3.05, 3.63) is 29.7 Å². The molecule has 0 aromatic rings. The third-order valence-corrected chi connectivity index (χ3v) is 3.86. The number of hydrogen-bond acceptors (Lipinski definition) is 0. The lowest BCUT2D eigenvalue weighted by molar-refractivity contribution is 0.470. The molecule has 0 rings (SSSR count). The highest BCUT2D eigenvalue weighted by molar-refractivity contribution is 4.93. The van der Waals surface area contributed by atoms with Crippen LogP contribution in [0, 0.1) is 18.3 Å². The van der Waals surface area contributed by atoms with E-state index >= 15 is 0 Å². The molecule has 0 saturated carbocycles. The van der Waals surface area contributed by atoms with Crippen molar-refractivity contribution in [1.82, 2.24) is 0 Å². The molecule has 0 N–H and O–H groups in total. The molecule has 0 aliphatic carbocycles. The summed E-state index contributed by atoms with van der Waals surface area (Å²) in [5.41, 5.74) is 2.90. The SMILES string of the molecule is CC(C)=CCCC(C)C[CH]CCC(C)CCC=C(C)C. The van der Waals surface area contributed by atoms with E-state index < -0.39 is 0 Å². The van der Waals surface area contributed by atoms with Gasteiger partial charge >= 0.3 is 0 Å². The van der Waals surface area contributed by atoms with E-state index in [1.165, 1.54) is 56.1 Å². The van der Waals surface area contributed by atoms with Gasteiger partial charge in [0.25, 0.3) is 0 Å². The maximum atomic E-state index is 2.52. The Morgan fingerprint density at radius 3 is 1.65 bits per heavy atom. The van der Waals surface area contributed by atoms with Gasteiger partial charge in [0.2, 0.25) is 0 Å². The maximum Gasteiger partial charge on any atom is -0.0346 e. The van der Waals surface area contributed by atoms with Gasteiger partial charge in [-0.1, -0.05) is 43.6 Å². The molecule has 0 saturated heterocycles. The Balaban J connectivity index is 3.50. The van der Waals surface area contributed by atoms with Gasteiger partial charge in [-0.3, -0.25) is 0 Å². The van der Waals surface area contributed by atoms with Crippen LogP contribution in [-0.2, 0) is 0 Å². The number of rotatable bonds is 11. The zero-order valence-electron chi connectivity index (χ0n) is 14.8. The van der Waals surface area contributed by atoms with Crippen molar-refractivity contribution in [1.29, 1.82) is 0 Å². The normalized spacial score (nSPS) is 13.7. The van der Waals surface area contributed by atoms with Gasteiger partial charge in [-0.2, -0.15) is 0 Å². The lowest BCUT2D eigenvalue weighted by Crippen LogP contribution is -1.98. The molecule has 117 valence electrons. The summed E-state index contributed by atoms with van der Waals surface area (Å²) < 4.78 is 0. The molecule has 2 atom stereocenters. The van der Waals surface area contributed by atoms with Crippen LogP contribution in [0.3, 0.4) is 0 Å². The molecule has 0 bridgehead atoms. The lowest BCUT2D eigenvalue weighted by Gasteiger charge is -2.12. The highest BCUT2D eigenvalue weighted by Gasteiger charge is 2.04. The summed E-state index contributed by atoms with van der Waals surface area (Å²) in [6.07, 6.45) is 16.4. The third kappa shape index (κ3) is 13.9. The van der Waals surface area contributed by atoms with Gasteiger partial charge in [0, 0.05) is 0 Å². The van der Waals surface area contributed by atoms with Gasteiger partial charge in [0.15, 0.2) is 0 Å². The van der Waals surface area contributed by atoms with Crippen LogP contribution in [0.1, 0.15) is 86.5 Å². The number of unbranched alkanes of at least 4 members (excludes halogenated alkanes) is 1. The Kier molecular flexibility index (Phi) is 11.9. The fourth-order valence-electron chi connectivity index (χ4n) is 2.38. The summed E-state index contributed by atoms with van der Waals surface area (Å²) in [5.74, 6) is 1.70. The van der Waals surface area contributed by atoms with E-state index in [0.29, 0.717) is 0 Å². The average Bonchev–Trinajstić information content (AvgIpc) is 2.33. The Morgan fingerprint density at radius 2 is 1.15 bits per heavy atom. The molecule has 0 aliphatic heterocycles. The molecule has 0 heterocycles. The third-order valence-electron chi connectivity index (χ3n) is 3.86. The van der Waals surface area contributed by atoms with Crippen molar-refractivity contribution < 1.29 is 0 Å². The van der Waals surface area contributed by atoms with E-state index in [-0.39, 0.29) is 0 Å². The monoisotopic (exact) mass is 277 g/mol. The molecule has 0 nitrogen and oxygen atoms in total. The van der Waals surface area contributed by atoms with Gasteiger partial charge in [0.1, 0.15) is 0 Å². The highest BCUT2D eigenvalue weighted by Crippen LogP contribution is 2.19. The van der Waals surface area contributed by atoms with Gasteiger partial charge in [0.05, 0.1) is 0 Å². The summed E-state index contributed by atoms with van der Waals surface area (Å²) >= 11 is 0. The van der Waals surface area contributed by atoms with Crippen LogP contribution in [0.15, 0.2) is 23.3 Å². The molecule has 0 spiro atoms. The molecular weight excluding hydrogens is 240 g/mol. The minimum atomic E-state index is 0.839. The summed E-state index contributed by atoms with van der Waals surface area (Å²) in [7, 11) is 0. The summed E-state index contributed by atoms with van der Waals surface area (Å²) in [4.78, 5) is 0. The van der Waals surface area contributed by atoms with Gasteiger partial charge < -0.3 is 0 Å². The zero-order valence-corrected chi connectivity index (χ0v) is 14.8. The van der Waals surface area contributed by atoms with E-state index in [0.717, 1.165) is 11.8 Å². The van der Waals surface area contributed by atoms with E-state index in [1.807, 2.05) is 0 Å². The molecule has 0 fully saturated rings. The van der Waals surface area contributed by atoms with Crippen LogP contribution in [0.25, 0.3) is 0 Å². The van der Waals surface area contributed by atoms with Gasteiger partial charge in [-0.25, -0.2) is 0 Å². The molecule has 0 aromatic heterocycles. The quantitative estimate of drug-likeness (QED) is 0.278. The molecule has 20 heavy (non-hydrogen) atoms. The summed E-state index contributed by atoms with van der Waals surface area (Å²) in [6.45, 7) is 13.5. The smallest absolute Gasteiger partial charge is 0.0346 e. The minimum absolute atomic E-state index is 0.839. The second-order valence-corrected chi connectivity index (χ2v) is 7.03. The second kappa shape index (κ2) is 12.2. The summed E-state index contributed by atoms with van der Waals surface area (Å²) in [6, 6.07) is 0. The predicted octanol–water partition coefficient (Wildman–Crippen LogP) is 7.13. The van der Waals surface area contributed by atoms with Crippen molar-refractivity contribution in [2.45, 2.75) is 86.5 Å². The van der Waals surface area contributed by atoms with Gasteiger partial charge in [-0.05, 0) is 84.5 Å². The molecule has 1 radical (unpaired) electrons. The topological polar surface area (TPSA) is 0 Å². The Labute approximate surface area is 128 Å². The van der Waals surface area contributed by atoms with Crippen LogP contribution in [0.5, 0.6) is 0 Å². The average molecular weight is 278 g/mol. The fraction of sp³-hybridized carbons (Fsp3) is 0.750. The molecule has 2 unspecified atom stereocenters. The van der Waals surface area contributed by atoms with E-state index in [1.54, 1.807) is 0 Å². The molecular formula is C20H37. The van der Waals surface area contributed by atoms with E-state index in [4.69, 9.17) is 0 Å². The maximum absolute atomic E-state index is 2.52. The number of allylic oxidation sites excluding steroid dienone is 4. The van der Waals surface area contributed by atoms with Crippen molar-refractivity contribution in [2.24, 2.45) is 11.8 Å². The fourth-order valence-corrected chi connectivity index (χ4v) is 2.38. The van der Waals surface area contributed by atoms with Crippen molar-refractivity contribution in [3.63, 3.8) is 0 Å². The first-order valence-electron chi connectivity index (χ1n) is 8.50. The lowest BCUT2D eigenvalue weighted by atomic mass is 9.94. The largest absolute Gasteiger partial charge is 0.0859 e. The Bertz CT molecular complexity index is 244. The first-order chi connectivity index (χ1) is 9.41. The van der Waals surface area contributed by atoms with E-state index in [2.05, 4.69) is 60.1 Å². The zero-order chi connectivity index (χ0) is 15.4. The Hall–Kier alpha value is -0.520. The van der Waals surface area contributed by atoms with Crippen molar-refractivity contribution in [2.75, 3.05) is 0 Å². The second-order valence-electron chi connectivity index (χ2n) is 7.03. The van der Waals surface area contributed by atoms with Crippen molar-refractivity contribution in [3.8, 4) is 0 Å². The van der Waals surface area contributed by atoms with E-state index in [9.17, 15) is 0 Å². The Morgan fingerprint density at radius 1 is 0.700 bits per heavy atom. The van der Waals surface area contributed by atoms with Crippen LogP contribution in [0.4, 0.5) is 0 Å². The van der Waals surface area contributed by atoms with Crippen LogP contribution < -0.4 is 0 Å². The van der Waals surface area contributed by atoms with Crippen LogP contribution in [0.2, 0.25) is 0 Å². The predicted molar refractivity (Wildman–Crippen MR) is 93.8 cm³/mol. The first-order valence-corrected chi connectivity index (χ1v) is 8.50. The number of hydrogen-bond donors (Lipinski definition) is 0. The minimum Gasteiger partial charge on any atom is -0.0859 e.